The van der Waals surface area contributed by atoms with Crippen molar-refractivity contribution in [1.29, 1.82) is 0 Å². The van der Waals surface area contributed by atoms with E-state index in [2.05, 4.69) is 36.2 Å². The summed E-state index contributed by atoms with van der Waals surface area (Å²) < 4.78 is 0. The van der Waals surface area contributed by atoms with Crippen molar-refractivity contribution in [2.24, 2.45) is 5.10 Å². The molecule has 0 N–H and O–H groups in total. The van der Waals surface area contributed by atoms with Crippen LogP contribution in [0.5, 0.6) is 0 Å². The SMILES string of the molecule is CCCCCN(N=C=S)c1ccccc1C. The van der Waals surface area contributed by atoms with E-state index in [0.29, 0.717) is 0 Å². The summed E-state index contributed by atoms with van der Waals surface area (Å²) in [6, 6.07) is 8.21. The van der Waals surface area contributed by atoms with Crippen LogP contribution in [0.4, 0.5) is 5.69 Å². The van der Waals surface area contributed by atoms with Crippen LogP contribution in [0.25, 0.3) is 0 Å². The Kier molecular flexibility index (Phi) is 5.76. The molecule has 0 atom stereocenters. The maximum Gasteiger partial charge on any atom is 0.0850 e. The Labute approximate surface area is 103 Å². The number of anilines is 1. The molecule has 0 heterocycles. The summed E-state index contributed by atoms with van der Waals surface area (Å²) in [5.41, 5.74) is 2.34. The molecule has 16 heavy (non-hydrogen) atoms. The number of hydrogen-bond donors (Lipinski definition) is 0. The normalized spacial score (nSPS) is 9.62. The van der Waals surface area contributed by atoms with Gasteiger partial charge in [0.1, 0.15) is 0 Å². The first kappa shape index (κ1) is 12.9. The van der Waals surface area contributed by atoms with Crippen molar-refractivity contribution in [2.45, 2.75) is 33.1 Å². The van der Waals surface area contributed by atoms with Gasteiger partial charge in [0.15, 0.2) is 0 Å². The first-order valence-electron chi connectivity index (χ1n) is 5.70. The predicted octanol–water partition coefficient (Wildman–Crippen LogP) is 4.01. The summed E-state index contributed by atoms with van der Waals surface area (Å²) in [4.78, 5) is 0. The molecule has 1 rings (SSSR count). The van der Waals surface area contributed by atoms with E-state index in [1.807, 2.05) is 17.1 Å². The minimum atomic E-state index is 0.905. The van der Waals surface area contributed by atoms with Crippen molar-refractivity contribution in [3.63, 3.8) is 0 Å². The molecule has 86 valence electrons. The van der Waals surface area contributed by atoms with Crippen molar-refractivity contribution in [2.75, 3.05) is 11.6 Å². The molecule has 1 aromatic rings. The summed E-state index contributed by atoms with van der Waals surface area (Å²) >= 11 is 4.69. The summed E-state index contributed by atoms with van der Waals surface area (Å²) in [6.45, 7) is 5.18. The lowest BCUT2D eigenvalue weighted by Gasteiger charge is -2.19. The molecule has 0 aromatic heterocycles. The zero-order valence-electron chi connectivity index (χ0n) is 9.94. The van der Waals surface area contributed by atoms with Crippen LogP contribution < -0.4 is 5.01 Å². The van der Waals surface area contributed by atoms with Gasteiger partial charge >= 0.3 is 0 Å². The number of aryl methyl sites for hydroxylation is 1. The van der Waals surface area contributed by atoms with E-state index >= 15 is 0 Å². The van der Waals surface area contributed by atoms with Gasteiger partial charge < -0.3 is 0 Å². The van der Waals surface area contributed by atoms with Crippen molar-refractivity contribution < 1.29 is 0 Å². The van der Waals surface area contributed by atoms with Crippen LogP contribution in [-0.2, 0) is 0 Å². The molecule has 0 bridgehead atoms. The third-order valence-corrected chi connectivity index (χ3v) is 2.61. The van der Waals surface area contributed by atoms with E-state index in [4.69, 9.17) is 12.2 Å². The molecule has 0 saturated heterocycles. The van der Waals surface area contributed by atoms with Crippen LogP contribution in [0.2, 0.25) is 0 Å². The van der Waals surface area contributed by atoms with Gasteiger partial charge in [-0.25, -0.2) is 0 Å². The fourth-order valence-corrected chi connectivity index (χ4v) is 1.74. The van der Waals surface area contributed by atoms with Gasteiger partial charge in [-0.2, -0.15) is 0 Å². The fraction of sp³-hybridized carbons (Fsp3) is 0.462. The van der Waals surface area contributed by atoms with Gasteiger partial charge in [-0.05, 0) is 37.2 Å². The number of thiocarbonyl (C=S) groups is 1. The van der Waals surface area contributed by atoms with Crippen molar-refractivity contribution in [3.8, 4) is 0 Å². The third-order valence-electron chi connectivity index (χ3n) is 2.53. The van der Waals surface area contributed by atoms with Crippen LogP contribution >= 0.6 is 12.2 Å². The predicted molar refractivity (Wildman–Crippen MR) is 73.1 cm³/mol. The van der Waals surface area contributed by atoms with Crippen LogP contribution in [0.1, 0.15) is 31.7 Å². The van der Waals surface area contributed by atoms with E-state index in [1.165, 1.54) is 18.4 Å². The topological polar surface area (TPSA) is 15.6 Å². The number of isothiocyanates is 1. The number of benzene rings is 1. The molecule has 0 aliphatic carbocycles. The highest BCUT2D eigenvalue weighted by Gasteiger charge is 2.06. The molecule has 2 nitrogen and oxygen atoms in total. The summed E-state index contributed by atoms with van der Waals surface area (Å²) in [6.07, 6.45) is 3.56. The van der Waals surface area contributed by atoms with Crippen molar-refractivity contribution in [1.82, 2.24) is 0 Å². The lowest BCUT2D eigenvalue weighted by molar-refractivity contribution is 0.690. The minimum absolute atomic E-state index is 0.905. The first-order chi connectivity index (χ1) is 7.79. The summed E-state index contributed by atoms with van der Waals surface area (Å²) in [7, 11) is 0. The number of para-hydroxylation sites is 1. The van der Waals surface area contributed by atoms with Gasteiger partial charge in [-0.3, -0.25) is 5.01 Å². The van der Waals surface area contributed by atoms with Gasteiger partial charge in [0.05, 0.1) is 10.8 Å². The highest BCUT2D eigenvalue weighted by atomic mass is 32.1. The molecule has 1 aromatic carbocycles. The number of nitrogens with zero attached hydrogens (tertiary/aromatic N) is 2. The second kappa shape index (κ2) is 7.15. The largest absolute Gasteiger partial charge is 0.256 e. The number of rotatable bonds is 6. The van der Waals surface area contributed by atoms with Crippen LogP contribution in [-0.4, -0.2) is 11.7 Å². The van der Waals surface area contributed by atoms with E-state index in [0.717, 1.165) is 18.7 Å². The Morgan fingerprint density at radius 1 is 1.31 bits per heavy atom. The Bertz CT molecular complexity index is 370. The third kappa shape index (κ3) is 3.76. The van der Waals surface area contributed by atoms with E-state index < -0.39 is 0 Å². The second-order valence-electron chi connectivity index (χ2n) is 3.81. The van der Waals surface area contributed by atoms with E-state index in [9.17, 15) is 0 Å². The molecule has 0 radical (unpaired) electrons. The fourth-order valence-electron chi connectivity index (χ4n) is 1.64. The summed E-state index contributed by atoms with van der Waals surface area (Å²) in [5, 5.41) is 8.52. The average molecular weight is 234 g/mol. The smallest absolute Gasteiger partial charge is 0.0850 e. The number of hydrazone groups is 1. The van der Waals surface area contributed by atoms with Gasteiger partial charge in [0.2, 0.25) is 0 Å². The minimum Gasteiger partial charge on any atom is -0.256 e. The molecule has 0 amide bonds. The Hall–Kier alpha value is -1.18. The Morgan fingerprint density at radius 3 is 2.69 bits per heavy atom. The molecular weight excluding hydrogens is 216 g/mol. The lowest BCUT2D eigenvalue weighted by atomic mass is 10.2. The Morgan fingerprint density at radius 2 is 2.06 bits per heavy atom. The quantitative estimate of drug-likeness (QED) is 0.320. The standard InChI is InChI=1S/C13H18N2S/c1-3-4-7-10-15(14-11-16)13-9-6-5-8-12(13)2/h5-6,8-9H,3-4,7,10H2,1-2H3. The van der Waals surface area contributed by atoms with Gasteiger partial charge in [0, 0.05) is 6.54 Å². The zero-order chi connectivity index (χ0) is 11.8. The molecule has 0 saturated carbocycles. The lowest BCUT2D eigenvalue weighted by Crippen LogP contribution is -2.18. The maximum absolute atomic E-state index is 4.69. The monoisotopic (exact) mass is 234 g/mol. The number of hydrogen-bond acceptors (Lipinski definition) is 3. The van der Waals surface area contributed by atoms with Crippen LogP contribution in [0.3, 0.4) is 0 Å². The first-order valence-corrected chi connectivity index (χ1v) is 6.11. The molecule has 0 aliphatic heterocycles. The molecule has 0 unspecified atom stereocenters. The van der Waals surface area contributed by atoms with Gasteiger partial charge in [-0.1, -0.05) is 38.0 Å². The maximum atomic E-state index is 4.69. The second-order valence-corrected chi connectivity index (χ2v) is 3.99. The molecule has 3 heteroatoms. The summed E-state index contributed by atoms with van der Waals surface area (Å²) in [5.74, 6) is 0. The zero-order valence-corrected chi connectivity index (χ0v) is 10.8. The van der Waals surface area contributed by atoms with Crippen molar-refractivity contribution in [3.05, 3.63) is 29.8 Å². The highest BCUT2D eigenvalue weighted by molar-refractivity contribution is 7.78. The average Bonchev–Trinajstić information content (AvgIpc) is 2.29. The van der Waals surface area contributed by atoms with Crippen LogP contribution in [0, 0.1) is 6.92 Å². The van der Waals surface area contributed by atoms with Gasteiger partial charge in [-0.15, -0.1) is 5.10 Å². The highest BCUT2D eigenvalue weighted by Crippen LogP contribution is 2.20. The van der Waals surface area contributed by atoms with Gasteiger partial charge in [0.25, 0.3) is 0 Å². The molecule has 0 fully saturated rings. The molecular formula is C13H18N2S. The van der Waals surface area contributed by atoms with E-state index in [1.54, 1.807) is 0 Å². The van der Waals surface area contributed by atoms with Crippen molar-refractivity contribution >= 4 is 23.1 Å². The Balaban J connectivity index is 2.77. The van der Waals surface area contributed by atoms with E-state index in [-0.39, 0.29) is 0 Å². The molecule has 0 spiro atoms. The molecule has 0 aliphatic rings. The number of unbranched alkanes of at least 4 members (excludes halogenated alkanes) is 2. The van der Waals surface area contributed by atoms with Crippen LogP contribution in [0.15, 0.2) is 29.4 Å².